The lowest BCUT2D eigenvalue weighted by Crippen LogP contribution is -2.54. The van der Waals surface area contributed by atoms with Crippen molar-refractivity contribution in [3.63, 3.8) is 0 Å². The molecule has 0 aromatic heterocycles. The first-order chi connectivity index (χ1) is 12.7. The van der Waals surface area contributed by atoms with Crippen LogP contribution in [0.3, 0.4) is 0 Å². The number of rotatable bonds is 11. The van der Waals surface area contributed by atoms with Crippen molar-refractivity contribution in [3.8, 4) is 6.07 Å². The van der Waals surface area contributed by atoms with Gasteiger partial charge in [0.25, 0.3) is 0 Å². The fraction of sp³-hybridized carbons (Fsp3) is 0.708. The van der Waals surface area contributed by atoms with Gasteiger partial charge in [0.2, 0.25) is 0 Å². The summed E-state index contributed by atoms with van der Waals surface area (Å²) in [5.41, 5.74) is 0.862. The summed E-state index contributed by atoms with van der Waals surface area (Å²) in [6.45, 7) is 4.41. The van der Waals surface area contributed by atoms with Crippen molar-refractivity contribution < 1.29 is 0 Å². The average Bonchev–Trinajstić information content (AvgIpc) is 2.67. The van der Waals surface area contributed by atoms with E-state index >= 15 is 0 Å². The van der Waals surface area contributed by atoms with Crippen LogP contribution >= 0.6 is 0 Å². The quantitative estimate of drug-likeness (QED) is 0.391. The van der Waals surface area contributed by atoms with Crippen LogP contribution in [0.1, 0.15) is 97.3 Å². The Labute approximate surface area is 161 Å². The van der Waals surface area contributed by atoms with E-state index in [0.29, 0.717) is 6.04 Å². The van der Waals surface area contributed by atoms with E-state index < -0.39 is 0 Å². The lowest BCUT2D eigenvalue weighted by Gasteiger charge is -2.47. The molecule has 1 aliphatic rings. The summed E-state index contributed by atoms with van der Waals surface area (Å²) in [6, 6.07) is 13.7. The minimum Gasteiger partial charge on any atom is -0.350 e. The van der Waals surface area contributed by atoms with Crippen LogP contribution in [0.5, 0.6) is 0 Å². The number of benzene rings is 1. The number of piperidine rings is 1. The van der Waals surface area contributed by atoms with Crippen molar-refractivity contribution in [3.05, 3.63) is 30.3 Å². The van der Waals surface area contributed by atoms with Gasteiger partial charge in [0.1, 0.15) is 5.54 Å². The SMILES string of the molecule is CCCCCCCCCCC[C@@H]1CCC[C@@](C)(C#N)N1c1ccccc1. The first kappa shape index (κ1) is 20.8. The van der Waals surface area contributed by atoms with Crippen molar-refractivity contribution in [2.75, 3.05) is 4.90 Å². The predicted octanol–water partition coefficient (Wildman–Crippen LogP) is 7.25. The number of anilines is 1. The Balaban J connectivity index is 1.80. The Morgan fingerprint density at radius 1 is 1.00 bits per heavy atom. The molecule has 2 atom stereocenters. The van der Waals surface area contributed by atoms with Gasteiger partial charge < -0.3 is 4.90 Å². The molecular formula is C24H38N2. The highest BCUT2D eigenvalue weighted by molar-refractivity contribution is 5.52. The van der Waals surface area contributed by atoms with Gasteiger partial charge in [0, 0.05) is 11.7 Å². The lowest BCUT2D eigenvalue weighted by atomic mass is 9.83. The van der Waals surface area contributed by atoms with Crippen molar-refractivity contribution in [2.24, 2.45) is 0 Å². The van der Waals surface area contributed by atoms with E-state index in [2.05, 4.69) is 55.1 Å². The van der Waals surface area contributed by atoms with E-state index in [1.165, 1.54) is 82.7 Å². The zero-order valence-corrected chi connectivity index (χ0v) is 17.1. The van der Waals surface area contributed by atoms with Crippen LogP contribution in [-0.4, -0.2) is 11.6 Å². The molecule has 0 unspecified atom stereocenters. The zero-order chi connectivity index (χ0) is 18.7. The molecule has 0 bridgehead atoms. The second kappa shape index (κ2) is 11.3. The maximum absolute atomic E-state index is 9.84. The third-order valence-corrected chi connectivity index (χ3v) is 6.01. The topological polar surface area (TPSA) is 27.0 Å². The van der Waals surface area contributed by atoms with Gasteiger partial charge in [-0.05, 0) is 44.7 Å². The standard InChI is InChI=1S/C24H38N2/c1-3-4-5-6-7-8-9-10-12-16-23-19-15-20-24(2,21-25)26(23)22-17-13-11-14-18-22/h11,13-14,17-18,23H,3-10,12,15-16,19-20H2,1-2H3/t23-,24+/m1/s1. The third-order valence-electron chi connectivity index (χ3n) is 6.01. The molecule has 2 nitrogen and oxygen atoms in total. The van der Waals surface area contributed by atoms with Gasteiger partial charge in [0.05, 0.1) is 6.07 Å². The Morgan fingerprint density at radius 3 is 2.23 bits per heavy atom. The molecule has 2 rings (SSSR count). The molecule has 1 heterocycles. The smallest absolute Gasteiger partial charge is 0.125 e. The van der Waals surface area contributed by atoms with Crippen LogP contribution in [-0.2, 0) is 0 Å². The number of nitriles is 1. The molecule has 2 heteroatoms. The van der Waals surface area contributed by atoms with Gasteiger partial charge in [0.15, 0.2) is 0 Å². The molecule has 1 aliphatic heterocycles. The number of unbranched alkanes of at least 4 members (excludes halogenated alkanes) is 8. The molecule has 26 heavy (non-hydrogen) atoms. The number of nitrogens with zero attached hydrogens (tertiary/aromatic N) is 2. The largest absolute Gasteiger partial charge is 0.350 e. The van der Waals surface area contributed by atoms with E-state index in [-0.39, 0.29) is 5.54 Å². The molecule has 0 saturated carbocycles. The maximum atomic E-state index is 9.84. The summed E-state index contributed by atoms with van der Waals surface area (Å²) in [5.74, 6) is 0. The first-order valence-corrected chi connectivity index (χ1v) is 11.0. The molecule has 0 spiro atoms. The highest BCUT2D eigenvalue weighted by atomic mass is 15.2. The van der Waals surface area contributed by atoms with E-state index in [1.807, 2.05) is 0 Å². The van der Waals surface area contributed by atoms with Crippen LogP contribution in [0.4, 0.5) is 5.69 Å². The summed E-state index contributed by atoms with van der Waals surface area (Å²) in [6.07, 6.45) is 17.0. The molecule has 1 aromatic rings. The molecule has 0 amide bonds. The highest BCUT2D eigenvalue weighted by Gasteiger charge is 2.39. The molecule has 0 radical (unpaired) electrons. The van der Waals surface area contributed by atoms with Crippen molar-refractivity contribution >= 4 is 5.69 Å². The monoisotopic (exact) mass is 354 g/mol. The highest BCUT2D eigenvalue weighted by Crippen LogP contribution is 2.37. The number of hydrogen-bond acceptors (Lipinski definition) is 2. The molecular weight excluding hydrogens is 316 g/mol. The fourth-order valence-electron chi connectivity index (χ4n) is 4.49. The summed E-state index contributed by atoms with van der Waals surface area (Å²) in [4.78, 5) is 2.43. The Hall–Kier alpha value is -1.49. The van der Waals surface area contributed by atoms with Gasteiger partial charge in [-0.25, -0.2) is 0 Å². The van der Waals surface area contributed by atoms with E-state index in [1.54, 1.807) is 0 Å². The fourth-order valence-corrected chi connectivity index (χ4v) is 4.49. The number of hydrogen-bond donors (Lipinski definition) is 0. The van der Waals surface area contributed by atoms with Gasteiger partial charge in [-0.15, -0.1) is 0 Å². The molecule has 1 fully saturated rings. The van der Waals surface area contributed by atoms with Crippen LogP contribution in [0.25, 0.3) is 0 Å². The van der Waals surface area contributed by atoms with Crippen LogP contribution in [0.2, 0.25) is 0 Å². The third kappa shape index (κ3) is 6.04. The van der Waals surface area contributed by atoms with Gasteiger partial charge >= 0.3 is 0 Å². The normalized spacial score (nSPS) is 23.0. The van der Waals surface area contributed by atoms with E-state index in [9.17, 15) is 5.26 Å². The Bertz CT molecular complexity index is 533. The Kier molecular flexibility index (Phi) is 9.02. The molecule has 1 aromatic carbocycles. The van der Waals surface area contributed by atoms with E-state index in [0.717, 1.165) is 6.42 Å². The summed E-state index contributed by atoms with van der Waals surface area (Å²) < 4.78 is 0. The second-order valence-electron chi connectivity index (χ2n) is 8.25. The predicted molar refractivity (Wildman–Crippen MR) is 112 cm³/mol. The van der Waals surface area contributed by atoms with Crippen molar-refractivity contribution in [2.45, 2.75) is 109 Å². The first-order valence-electron chi connectivity index (χ1n) is 11.0. The van der Waals surface area contributed by atoms with Gasteiger partial charge in [-0.2, -0.15) is 5.26 Å². The van der Waals surface area contributed by atoms with Crippen LogP contribution in [0, 0.1) is 11.3 Å². The van der Waals surface area contributed by atoms with Gasteiger partial charge in [-0.3, -0.25) is 0 Å². The van der Waals surface area contributed by atoms with Crippen molar-refractivity contribution in [1.29, 1.82) is 5.26 Å². The van der Waals surface area contributed by atoms with Crippen LogP contribution < -0.4 is 4.90 Å². The second-order valence-corrected chi connectivity index (χ2v) is 8.25. The lowest BCUT2D eigenvalue weighted by molar-refractivity contribution is 0.322. The molecule has 1 saturated heterocycles. The summed E-state index contributed by atoms with van der Waals surface area (Å²) >= 11 is 0. The minimum absolute atomic E-state index is 0.358. The number of para-hydroxylation sites is 1. The molecule has 0 N–H and O–H groups in total. The average molecular weight is 355 g/mol. The Morgan fingerprint density at radius 2 is 1.62 bits per heavy atom. The van der Waals surface area contributed by atoms with E-state index in [4.69, 9.17) is 0 Å². The minimum atomic E-state index is -0.358. The van der Waals surface area contributed by atoms with Gasteiger partial charge in [-0.1, -0.05) is 82.9 Å². The zero-order valence-electron chi connectivity index (χ0n) is 17.1. The maximum Gasteiger partial charge on any atom is 0.125 e. The van der Waals surface area contributed by atoms with Crippen molar-refractivity contribution in [1.82, 2.24) is 0 Å². The van der Waals surface area contributed by atoms with Crippen LogP contribution in [0.15, 0.2) is 30.3 Å². The molecule has 144 valence electrons. The molecule has 0 aliphatic carbocycles. The summed E-state index contributed by atoms with van der Waals surface area (Å²) in [7, 11) is 0. The summed E-state index contributed by atoms with van der Waals surface area (Å²) in [5, 5.41) is 9.84.